The summed E-state index contributed by atoms with van der Waals surface area (Å²) in [6.07, 6.45) is 5.61. The van der Waals surface area contributed by atoms with Gasteiger partial charge in [0.1, 0.15) is 0 Å². The van der Waals surface area contributed by atoms with Crippen LogP contribution in [0.1, 0.15) is 52.9 Å². The molecule has 1 rings (SSSR count). The number of urea groups is 1. The lowest BCUT2D eigenvalue weighted by Gasteiger charge is -2.28. The van der Waals surface area contributed by atoms with Crippen LogP contribution in [0.4, 0.5) is 4.79 Å². The quantitative estimate of drug-likeness (QED) is 0.701. The average Bonchev–Trinajstić information content (AvgIpc) is 2.39. The van der Waals surface area contributed by atoms with Gasteiger partial charge in [0, 0.05) is 12.6 Å². The average molecular weight is 284 g/mol. The van der Waals surface area contributed by atoms with E-state index < -0.39 is 11.9 Å². The van der Waals surface area contributed by atoms with Crippen molar-refractivity contribution >= 4 is 12.0 Å². The largest absolute Gasteiger partial charge is 0.481 e. The summed E-state index contributed by atoms with van der Waals surface area (Å²) in [7, 11) is 0. The maximum atomic E-state index is 11.8. The first-order chi connectivity index (χ1) is 9.43. The SMILES string of the molecule is CCC1CCC(NC(=O)NCC(C(=O)O)C(C)C)CC1. The van der Waals surface area contributed by atoms with Crippen LogP contribution in [-0.2, 0) is 4.79 Å². The molecule has 116 valence electrons. The summed E-state index contributed by atoms with van der Waals surface area (Å²) < 4.78 is 0. The monoisotopic (exact) mass is 284 g/mol. The molecule has 0 bridgehead atoms. The van der Waals surface area contributed by atoms with E-state index in [1.165, 1.54) is 19.3 Å². The summed E-state index contributed by atoms with van der Waals surface area (Å²) in [5, 5.41) is 14.7. The Hall–Kier alpha value is -1.26. The van der Waals surface area contributed by atoms with E-state index in [-0.39, 0.29) is 24.5 Å². The molecular formula is C15H28N2O3. The highest BCUT2D eigenvalue weighted by atomic mass is 16.4. The van der Waals surface area contributed by atoms with Gasteiger partial charge in [0.05, 0.1) is 5.92 Å². The van der Waals surface area contributed by atoms with E-state index in [2.05, 4.69) is 17.6 Å². The molecule has 1 aliphatic carbocycles. The zero-order valence-electron chi connectivity index (χ0n) is 12.8. The summed E-state index contributed by atoms with van der Waals surface area (Å²) >= 11 is 0. The van der Waals surface area contributed by atoms with Crippen LogP contribution in [0.5, 0.6) is 0 Å². The standard InChI is InChI=1S/C15H28N2O3/c1-4-11-5-7-12(8-6-11)17-15(20)16-9-13(10(2)3)14(18)19/h10-13H,4-9H2,1-3H3,(H,18,19)(H2,16,17,20). The number of carboxylic acid groups (broad SMARTS) is 1. The number of carbonyl (C=O) groups excluding carboxylic acids is 1. The molecule has 1 saturated carbocycles. The van der Waals surface area contributed by atoms with Crippen molar-refractivity contribution in [3.63, 3.8) is 0 Å². The van der Waals surface area contributed by atoms with Crippen molar-refractivity contribution in [2.45, 2.75) is 58.9 Å². The molecule has 5 heteroatoms. The second-order valence-corrected chi connectivity index (χ2v) is 6.17. The number of rotatable bonds is 6. The number of nitrogens with one attached hydrogen (secondary N) is 2. The maximum absolute atomic E-state index is 11.8. The smallest absolute Gasteiger partial charge is 0.315 e. The molecule has 0 radical (unpaired) electrons. The minimum Gasteiger partial charge on any atom is -0.481 e. The molecule has 0 heterocycles. The first-order valence-corrected chi connectivity index (χ1v) is 7.71. The van der Waals surface area contributed by atoms with E-state index in [1.807, 2.05) is 13.8 Å². The predicted molar refractivity (Wildman–Crippen MR) is 78.5 cm³/mol. The maximum Gasteiger partial charge on any atom is 0.315 e. The number of aliphatic carboxylic acids is 1. The second kappa shape index (κ2) is 8.12. The Morgan fingerprint density at radius 2 is 1.80 bits per heavy atom. The molecule has 1 atom stereocenters. The van der Waals surface area contributed by atoms with E-state index in [4.69, 9.17) is 5.11 Å². The number of carbonyl (C=O) groups is 2. The lowest BCUT2D eigenvalue weighted by molar-refractivity contribution is -0.142. The summed E-state index contributed by atoms with van der Waals surface area (Å²) in [5.74, 6) is -0.582. The van der Waals surface area contributed by atoms with Gasteiger partial charge in [-0.15, -0.1) is 0 Å². The van der Waals surface area contributed by atoms with E-state index >= 15 is 0 Å². The molecule has 1 fully saturated rings. The van der Waals surface area contributed by atoms with Crippen LogP contribution >= 0.6 is 0 Å². The second-order valence-electron chi connectivity index (χ2n) is 6.17. The summed E-state index contributed by atoms with van der Waals surface area (Å²) in [6.45, 7) is 6.10. The van der Waals surface area contributed by atoms with Crippen molar-refractivity contribution in [2.24, 2.45) is 17.8 Å². The van der Waals surface area contributed by atoms with Gasteiger partial charge in [-0.2, -0.15) is 0 Å². The van der Waals surface area contributed by atoms with Gasteiger partial charge in [0.2, 0.25) is 0 Å². The fourth-order valence-corrected chi connectivity index (χ4v) is 2.76. The third-order valence-electron chi connectivity index (χ3n) is 4.36. The molecule has 5 nitrogen and oxygen atoms in total. The van der Waals surface area contributed by atoms with Gasteiger partial charge >= 0.3 is 12.0 Å². The molecule has 0 saturated heterocycles. The van der Waals surface area contributed by atoms with Crippen molar-refractivity contribution in [1.82, 2.24) is 10.6 Å². The molecular weight excluding hydrogens is 256 g/mol. The zero-order chi connectivity index (χ0) is 15.1. The van der Waals surface area contributed by atoms with Crippen LogP contribution < -0.4 is 10.6 Å². The minimum absolute atomic E-state index is 0.00722. The summed E-state index contributed by atoms with van der Waals surface area (Å²) in [6, 6.07) is -0.00280. The molecule has 0 aliphatic heterocycles. The normalized spacial score (nSPS) is 24.2. The van der Waals surface area contributed by atoms with E-state index in [9.17, 15) is 9.59 Å². The highest BCUT2D eigenvalue weighted by Gasteiger charge is 2.24. The first-order valence-electron chi connectivity index (χ1n) is 7.71. The Labute approximate surface area is 121 Å². The molecule has 3 N–H and O–H groups in total. The van der Waals surface area contributed by atoms with Crippen molar-refractivity contribution in [3.05, 3.63) is 0 Å². The van der Waals surface area contributed by atoms with Gasteiger partial charge in [-0.05, 0) is 37.5 Å². The van der Waals surface area contributed by atoms with Crippen molar-refractivity contribution < 1.29 is 14.7 Å². The van der Waals surface area contributed by atoms with Crippen LogP contribution in [0.15, 0.2) is 0 Å². The Morgan fingerprint density at radius 3 is 2.25 bits per heavy atom. The van der Waals surface area contributed by atoms with Crippen LogP contribution in [0.2, 0.25) is 0 Å². The third-order valence-corrected chi connectivity index (χ3v) is 4.36. The Bertz CT molecular complexity index is 323. The third kappa shape index (κ3) is 5.39. The molecule has 0 aromatic carbocycles. The van der Waals surface area contributed by atoms with Crippen LogP contribution in [0.3, 0.4) is 0 Å². The lowest BCUT2D eigenvalue weighted by Crippen LogP contribution is -2.46. The highest BCUT2D eigenvalue weighted by molar-refractivity contribution is 5.76. The number of hydrogen-bond acceptors (Lipinski definition) is 2. The van der Waals surface area contributed by atoms with Gasteiger partial charge in [0.25, 0.3) is 0 Å². The summed E-state index contributed by atoms with van der Waals surface area (Å²) in [4.78, 5) is 22.8. The van der Waals surface area contributed by atoms with Crippen molar-refractivity contribution in [3.8, 4) is 0 Å². The Morgan fingerprint density at radius 1 is 1.20 bits per heavy atom. The molecule has 2 amide bonds. The fraction of sp³-hybridized carbons (Fsp3) is 0.867. The van der Waals surface area contributed by atoms with E-state index in [1.54, 1.807) is 0 Å². The van der Waals surface area contributed by atoms with Crippen molar-refractivity contribution in [1.29, 1.82) is 0 Å². The van der Waals surface area contributed by atoms with Crippen LogP contribution in [-0.4, -0.2) is 29.7 Å². The molecule has 1 aliphatic rings. The molecule has 0 spiro atoms. The molecule has 0 aromatic heterocycles. The van der Waals surface area contributed by atoms with Gasteiger partial charge < -0.3 is 15.7 Å². The van der Waals surface area contributed by atoms with Gasteiger partial charge in [-0.3, -0.25) is 4.79 Å². The highest BCUT2D eigenvalue weighted by Crippen LogP contribution is 2.26. The predicted octanol–water partition coefficient (Wildman–Crippen LogP) is 2.61. The minimum atomic E-state index is -0.858. The van der Waals surface area contributed by atoms with E-state index in [0.29, 0.717) is 0 Å². The van der Waals surface area contributed by atoms with Crippen LogP contribution in [0.25, 0.3) is 0 Å². The van der Waals surface area contributed by atoms with E-state index in [0.717, 1.165) is 18.8 Å². The van der Waals surface area contributed by atoms with Gasteiger partial charge in [0.15, 0.2) is 0 Å². The lowest BCUT2D eigenvalue weighted by atomic mass is 9.85. The number of amides is 2. The first kappa shape index (κ1) is 16.8. The number of carboxylic acids is 1. The summed E-state index contributed by atoms with van der Waals surface area (Å²) in [5.41, 5.74) is 0. The van der Waals surface area contributed by atoms with Gasteiger partial charge in [-0.25, -0.2) is 4.79 Å². The van der Waals surface area contributed by atoms with Crippen molar-refractivity contribution in [2.75, 3.05) is 6.54 Å². The zero-order valence-corrected chi connectivity index (χ0v) is 12.8. The molecule has 1 unspecified atom stereocenters. The molecule has 20 heavy (non-hydrogen) atoms. The molecule has 0 aromatic rings. The number of hydrogen-bond donors (Lipinski definition) is 3. The fourth-order valence-electron chi connectivity index (χ4n) is 2.76. The van der Waals surface area contributed by atoms with Gasteiger partial charge in [-0.1, -0.05) is 27.2 Å². The topological polar surface area (TPSA) is 78.4 Å². The Balaban J connectivity index is 2.28. The Kier molecular flexibility index (Phi) is 6.82. The van der Waals surface area contributed by atoms with Crippen LogP contribution in [0, 0.1) is 17.8 Å².